The number of hydrogen-bond donors (Lipinski definition) is 2. The fraction of sp³-hybridized carbons (Fsp3) is 0.846. The van der Waals surface area contributed by atoms with Gasteiger partial charge in [0.15, 0.2) is 0 Å². The van der Waals surface area contributed by atoms with Crippen LogP contribution >= 0.6 is 0 Å². The molecule has 1 fully saturated rings. The van der Waals surface area contributed by atoms with E-state index in [0.29, 0.717) is 6.54 Å². The molecule has 0 saturated heterocycles. The SMILES string of the molecule is CC(C)(C)CCNC(=O)[C@H]1[C@@H](C(=O)O)C1(C)C. The third-order valence-corrected chi connectivity index (χ3v) is 3.55. The van der Waals surface area contributed by atoms with Gasteiger partial charge in [-0.2, -0.15) is 0 Å². The average molecular weight is 241 g/mol. The van der Waals surface area contributed by atoms with Crippen molar-refractivity contribution in [3.05, 3.63) is 0 Å². The minimum atomic E-state index is -0.869. The van der Waals surface area contributed by atoms with E-state index < -0.39 is 17.3 Å². The van der Waals surface area contributed by atoms with Gasteiger partial charge in [0.05, 0.1) is 11.8 Å². The van der Waals surface area contributed by atoms with Crippen molar-refractivity contribution in [1.82, 2.24) is 5.32 Å². The smallest absolute Gasteiger partial charge is 0.307 e. The zero-order chi connectivity index (χ0) is 13.4. The minimum absolute atomic E-state index is 0.119. The summed E-state index contributed by atoms with van der Waals surface area (Å²) in [7, 11) is 0. The fourth-order valence-corrected chi connectivity index (χ4v) is 2.26. The topological polar surface area (TPSA) is 66.4 Å². The Labute approximate surface area is 103 Å². The van der Waals surface area contributed by atoms with Crippen LogP contribution in [0.5, 0.6) is 0 Å². The first-order valence-electron chi connectivity index (χ1n) is 6.08. The lowest BCUT2D eigenvalue weighted by Gasteiger charge is -2.18. The number of aliphatic carboxylic acids is 1. The lowest BCUT2D eigenvalue weighted by molar-refractivity contribution is -0.140. The number of carbonyl (C=O) groups excluding carboxylic acids is 1. The molecule has 0 aromatic carbocycles. The maximum Gasteiger partial charge on any atom is 0.307 e. The molecular weight excluding hydrogens is 218 g/mol. The Morgan fingerprint density at radius 2 is 1.76 bits per heavy atom. The van der Waals surface area contributed by atoms with Gasteiger partial charge in [-0.1, -0.05) is 34.6 Å². The number of nitrogens with one attached hydrogen (secondary N) is 1. The highest BCUT2D eigenvalue weighted by atomic mass is 16.4. The van der Waals surface area contributed by atoms with E-state index >= 15 is 0 Å². The molecule has 2 N–H and O–H groups in total. The van der Waals surface area contributed by atoms with Crippen molar-refractivity contribution in [2.75, 3.05) is 6.54 Å². The first-order valence-corrected chi connectivity index (χ1v) is 6.08. The summed E-state index contributed by atoms with van der Waals surface area (Å²) in [5, 5.41) is 11.8. The first kappa shape index (κ1) is 14.0. The third-order valence-electron chi connectivity index (χ3n) is 3.55. The van der Waals surface area contributed by atoms with E-state index in [1.54, 1.807) is 0 Å². The highest BCUT2D eigenvalue weighted by molar-refractivity contribution is 5.91. The van der Waals surface area contributed by atoms with E-state index in [1.165, 1.54) is 0 Å². The van der Waals surface area contributed by atoms with Gasteiger partial charge in [-0.15, -0.1) is 0 Å². The molecule has 1 aliphatic rings. The van der Waals surface area contributed by atoms with Crippen LogP contribution in [0.25, 0.3) is 0 Å². The van der Waals surface area contributed by atoms with Gasteiger partial charge >= 0.3 is 5.97 Å². The highest BCUT2D eigenvalue weighted by Crippen LogP contribution is 2.58. The van der Waals surface area contributed by atoms with E-state index in [9.17, 15) is 9.59 Å². The zero-order valence-electron chi connectivity index (χ0n) is 11.3. The minimum Gasteiger partial charge on any atom is -0.481 e. The summed E-state index contributed by atoms with van der Waals surface area (Å²) in [5.74, 6) is -1.89. The molecule has 0 aromatic heterocycles. The molecule has 17 heavy (non-hydrogen) atoms. The van der Waals surface area contributed by atoms with Crippen molar-refractivity contribution in [3.8, 4) is 0 Å². The molecule has 4 heteroatoms. The molecule has 0 radical (unpaired) electrons. The van der Waals surface area contributed by atoms with Gasteiger partial charge in [0.25, 0.3) is 0 Å². The highest BCUT2D eigenvalue weighted by Gasteiger charge is 2.65. The van der Waals surface area contributed by atoms with E-state index in [2.05, 4.69) is 26.1 Å². The monoisotopic (exact) mass is 241 g/mol. The van der Waals surface area contributed by atoms with Gasteiger partial charge in [-0.05, 0) is 17.3 Å². The third kappa shape index (κ3) is 3.20. The molecule has 4 nitrogen and oxygen atoms in total. The maximum atomic E-state index is 11.8. The molecule has 0 aromatic rings. The molecule has 0 heterocycles. The van der Waals surface area contributed by atoms with Crippen LogP contribution in [0.15, 0.2) is 0 Å². The Kier molecular flexibility index (Phi) is 3.55. The molecule has 1 aliphatic carbocycles. The quantitative estimate of drug-likeness (QED) is 0.790. The lowest BCUT2D eigenvalue weighted by atomic mass is 9.92. The molecule has 0 unspecified atom stereocenters. The standard InChI is InChI=1S/C13H23NO3/c1-12(2,3)6-7-14-10(15)8-9(11(16)17)13(8,4)5/h8-9H,6-7H2,1-5H3,(H,14,15)(H,16,17)/t8-,9+/m1/s1. The zero-order valence-corrected chi connectivity index (χ0v) is 11.3. The Morgan fingerprint density at radius 3 is 2.12 bits per heavy atom. The van der Waals surface area contributed by atoms with E-state index in [1.807, 2.05) is 13.8 Å². The second kappa shape index (κ2) is 4.31. The molecule has 1 amide bonds. The first-order chi connectivity index (χ1) is 7.57. The molecule has 2 atom stereocenters. The van der Waals surface area contributed by atoms with Crippen LogP contribution in [-0.2, 0) is 9.59 Å². The van der Waals surface area contributed by atoms with Crippen molar-refractivity contribution in [1.29, 1.82) is 0 Å². The number of carboxylic acids is 1. The summed E-state index contributed by atoms with van der Waals surface area (Å²) < 4.78 is 0. The summed E-state index contributed by atoms with van der Waals surface area (Å²) >= 11 is 0. The van der Waals surface area contributed by atoms with Crippen LogP contribution < -0.4 is 5.32 Å². The summed E-state index contributed by atoms with van der Waals surface area (Å²) in [5.41, 5.74) is -0.226. The van der Waals surface area contributed by atoms with Crippen LogP contribution in [0.4, 0.5) is 0 Å². The molecular formula is C13H23NO3. The summed E-state index contributed by atoms with van der Waals surface area (Å²) in [4.78, 5) is 22.8. The second-order valence-electron chi connectivity index (χ2n) is 6.72. The van der Waals surface area contributed by atoms with Crippen LogP contribution in [0.2, 0.25) is 0 Å². The Hall–Kier alpha value is -1.06. The van der Waals surface area contributed by atoms with Gasteiger partial charge in [-0.25, -0.2) is 0 Å². The summed E-state index contributed by atoms with van der Waals surface area (Å²) in [6.45, 7) is 10.6. The number of amides is 1. The van der Waals surface area contributed by atoms with Crippen molar-refractivity contribution >= 4 is 11.9 Å². The Morgan fingerprint density at radius 1 is 1.24 bits per heavy atom. The number of hydrogen-bond acceptors (Lipinski definition) is 2. The number of rotatable bonds is 4. The lowest BCUT2D eigenvalue weighted by Crippen LogP contribution is -2.30. The molecule has 1 saturated carbocycles. The summed E-state index contributed by atoms with van der Waals surface area (Å²) in [6.07, 6.45) is 0.892. The predicted molar refractivity (Wildman–Crippen MR) is 65.5 cm³/mol. The van der Waals surface area contributed by atoms with Gasteiger partial charge in [0.1, 0.15) is 0 Å². The van der Waals surface area contributed by atoms with Gasteiger partial charge in [0, 0.05) is 6.54 Å². The normalized spacial score (nSPS) is 26.4. The van der Waals surface area contributed by atoms with Crippen LogP contribution in [-0.4, -0.2) is 23.5 Å². The van der Waals surface area contributed by atoms with E-state index in [0.717, 1.165) is 6.42 Å². The second-order valence-corrected chi connectivity index (χ2v) is 6.72. The van der Waals surface area contributed by atoms with Gasteiger partial charge in [0.2, 0.25) is 5.91 Å². The number of carbonyl (C=O) groups is 2. The van der Waals surface area contributed by atoms with Crippen LogP contribution in [0, 0.1) is 22.7 Å². The predicted octanol–water partition coefficient (Wildman–Crippen LogP) is 1.90. The fourth-order valence-electron chi connectivity index (χ4n) is 2.26. The average Bonchev–Trinajstić information content (AvgIpc) is 2.66. The van der Waals surface area contributed by atoms with Crippen LogP contribution in [0.3, 0.4) is 0 Å². The molecule has 0 bridgehead atoms. The van der Waals surface area contributed by atoms with E-state index in [-0.39, 0.29) is 17.2 Å². The van der Waals surface area contributed by atoms with Crippen molar-refractivity contribution in [2.45, 2.75) is 41.0 Å². The molecule has 0 spiro atoms. The molecule has 98 valence electrons. The van der Waals surface area contributed by atoms with Crippen molar-refractivity contribution < 1.29 is 14.7 Å². The maximum absolute atomic E-state index is 11.8. The van der Waals surface area contributed by atoms with Crippen molar-refractivity contribution in [2.24, 2.45) is 22.7 Å². The Bertz CT molecular complexity index is 328. The van der Waals surface area contributed by atoms with Crippen molar-refractivity contribution in [3.63, 3.8) is 0 Å². The van der Waals surface area contributed by atoms with Gasteiger partial charge < -0.3 is 10.4 Å². The number of carboxylic acid groups (broad SMARTS) is 1. The molecule has 1 rings (SSSR count). The van der Waals surface area contributed by atoms with Gasteiger partial charge in [-0.3, -0.25) is 9.59 Å². The van der Waals surface area contributed by atoms with E-state index in [4.69, 9.17) is 5.11 Å². The van der Waals surface area contributed by atoms with Crippen LogP contribution in [0.1, 0.15) is 41.0 Å². The summed E-state index contributed by atoms with van der Waals surface area (Å²) in [6, 6.07) is 0. The molecule has 0 aliphatic heterocycles. The largest absolute Gasteiger partial charge is 0.481 e. The Balaban J connectivity index is 2.43.